The molecule has 10 nitrogen and oxygen atoms in total. The number of ether oxygens (including phenoxy) is 2. The van der Waals surface area contributed by atoms with E-state index in [1.807, 2.05) is 36.6 Å². The highest BCUT2D eigenvalue weighted by atomic mass is 32.1. The predicted octanol–water partition coefficient (Wildman–Crippen LogP) is 2.14. The van der Waals surface area contributed by atoms with Crippen molar-refractivity contribution >= 4 is 28.3 Å². The maximum absolute atomic E-state index is 12.9. The fraction of sp³-hybridized carbons (Fsp3) is 0.593. The van der Waals surface area contributed by atoms with Crippen LogP contribution in [0.2, 0.25) is 0 Å². The normalized spacial score (nSPS) is 22.9. The molecule has 0 saturated carbocycles. The number of aliphatic hydroxyl groups is 2. The summed E-state index contributed by atoms with van der Waals surface area (Å²) in [5, 5.41) is 26.2. The van der Waals surface area contributed by atoms with Crippen molar-refractivity contribution in [1.29, 1.82) is 0 Å². The van der Waals surface area contributed by atoms with E-state index >= 15 is 0 Å². The van der Waals surface area contributed by atoms with E-state index in [2.05, 4.69) is 15.2 Å². The van der Waals surface area contributed by atoms with Crippen LogP contribution in [0.4, 0.5) is 5.13 Å². The lowest BCUT2D eigenvalue weighted by Gasteiger charge is -2.31. The van der Waals surface area contributed by atoms with Crippen molar-refractivity contribution < 1.29 is 29.3 Å². The first-order valence-corrected chi connectivity index (χ1v) is 13.9. The Bertz CT molecular complexity index is 1020. The SMILES string of the molecule is CO[C@H]1CN(C(C)=O)CCCN(CC(=O)Nc2nc(-c3ccc(C)cc3)cs2)CCCCOC[C@H](O)[C@@H]1O. The third-order valence-electron chi connectivity index (χ3n) is 6.59. The minimum Gasteiger partial charge on any atom is -0.388 e. The van der Waals surface area contributed by atoms with Gasteiger partial charge in [0.2, 0.25) is 11.8 Å². The van der Waals surface area contributed by atoms with Gasteiger partial charge in [0, 0.05) is 51.2 Å². The Morgan fingerprint density at radius 3 is 2.61 bits per heavy atom. The predicted molar refractivity (Wildman–Crippen MR) is 147 cm³/mol. The molecule has 0 spiro atoms. The summed E-state index contributed by atoms with van der Waals surface area (Å²) in [6.07, 6.45) is -0.834. The summed E-state index contributed by atoms with van der Waals surface area (Å²) in [6.45, 7) is 6.02. The van der Waals surface area contributed by atoms with Gasteiger partial charge in [0.05, 0.1) is 18.8 Å². The van der Waals surface area contributed by atoms with Crippen molar-refractivity contribution in [3.63, 3.8) is 0 Å². The van der Waals surface area contributed by atoms with Crippen LogP contribution in [0.15, 0.2) is 29.6 Å². The molecule has 3 atom stereocenters. The molecule has 1 fully saturated rings. The Balaban J connectivity index is 1.60. The smallest absolute Gasteiger partial charge is 0.240 e. The number of aryl methyl sites for hydroxylation is 1. The Morgan fingerprint density at radius 1 is 1.16 bits per heavy atom. The number of hydrogen-bond acceptors (Lipinski definition) is 9. The molecule has 11 heteroatoms. The summed E-state index contributed by atoms with van der Waals surface area (Å²) >= 11 is 1.39. The second kappa shape index (κ2) is 15.2. The molecule has 3 rings (SSSR count). The first-order chi connectivity index (χ1) is 18.3. The average Bonchev–Trinajstić information content (AvgIpc) is 3.35. The average molecular weight is 549 g/mol. The van der Waals surface area contributed by atoms with Gasteiger partial charge >= 0.3 is 0 Å². The number of nitrogens with zero attached hydrogens (tertiary/aromatic N) is 3. The molecule has 3 N–H and O–H groups in total. The summed E-state index contributed by atoms with van der Waals surface area (Å²) in [5.74, 6) is -0.287. The van der Waals surface area contributed by atoms with Crippen molar-refractivity contribution in [2.45, 2.75) is 51.4 Å². The van der Waals surface area contributed by atoms with Gasteiger partial charge in [-0.1, -0.05) is 29.8 Å². The van der Waals surface area contributed by atoms with Crippen molar-refractivity contribution in [2.24, 2.45) is 0 Å². The van der Waals surface area contributed by atoms with Gasteiger partial charge in [-0.15, -0.1) is 11.3 Å². The molecular formula is C27H40N4O6S. The van der Waals surface area contributed by atoms with E-state index in [0.717, 1.165) is 24.1 Å². The van der Waals surface area contributed by atoms with Gasteiger partial charge in [-0.25, -0.2) is 4.98 Å². The van der Waals surface area contributed by atoms with Crippen LogP contribution in [0.3, 0.4) is 0 Å². The summed E-state index contributed by atoms with van der Waals surface area (Å²) in [6, 6.07) is 8.10. The molecule has 1 aliphatic heterocycles. The molecular weight excluding hydrogens is 508 g/mol. The van der Waals surface area contributed by atoms with Gasteiger partial charge in [0.1, 0.15) is 18.3 Å². The molecule has 2 heterocycles. The molecule has 0 aliphatic carbocycles. The van der Waals surface area contributed by atoms with Crippen LogP contribution in [0.5, 0.6) is 0 Å². The number of methoxy groups -OCH3 is 1. The Kier molecular flexibility index (Phi) is 12.1. The van der Waals surface area contributed by atoms with E-state index < -0.39 is 18.3 Å². The minimum absolute atomic E-state index is 0.0222. The number of benzene rings is 1. The zero-order valence-electron chi connectivity index (χ0n) is 22.5. The van der Waals surface area contributed by atoms with E-state index in [-0.39, 0.29) is 31.5 Å². The van der Waals surface area contributed by atoms with Crippen molar-refractivity contribution in [2.75, 3.05) is 58.4 Å². The quantitative estimate of drug-likeness (QED) is 0.519. The highest BCUT2D eigenvalue weighted by molar-refractivity contribution is 7.14. The summed E-state index contributed by atoms with van der Waals surface area (Å²) in [5.41, 5.74) is 3.01. The Hall–Kier alpha value is -2.41. The Morgan fingerprint density at radius 2 is 1.89 bits per heavy atom. The van der Waals surface area contributed by atoms with E-state index in [4.69, 9.17) is 9.47 Å². The van der Waals surface area contributed by atoms with Crippen molar-refractivity contribution in [3.05, 3.63) is 35.2 Å². The van der Waals surface area contributed by atoms with Gasteiger partial charge in [-0.05, 0) is 32.7 Å². The first-order valence-electron chi connectivity index (χ1n) is 13.0. The number of rotatable bonds is 5. The highest BCUT2D eigenvalue weighted by Crippen LogP contribution is 2.25. The molecule has 1 aromatic carbocycles. The van der Waals surface area contributed by atoms with E-state index in [9.17, 15) is 19.8 Å². The molecule has 210 valence electrons. The number of thiazole rings is 1. The molecule has 2 aromatic rings. The second-order valence-electron chi connectivity index (χ2n) is 9.66. The fourth-order valence-corrected chi connectivity index (χ4v) is 5.05. The third-order valence-corrected chi connectivity index (χ3v) is 7.35. The molecule has 0 bridgehead atoms. The van der Waals surface area contributed by atoms with Crippen LogP contribution in [0.25, 0.3) is 11.3 Å². The van der Waals surface area contributed by atoms with Gasteiger partial charge in [0.15, 0.2) is 5.13 Å². The van der Waals surface area contributed by atoms with Crippen molar-refractivity contribution in [3.8, 4) is 11.3 Å². The number of carbonyl (C=O) groups is 2. The lowest BCUT2D eigenvalue weighted by Crippen LogP contribution is -2.48. The molecule has 0 unspecified atom stereocenters. The van der Waals surface area contributed by atoms with Crippen LogP contribution >= 0.6 is 11.3 Å². The summed E-state index contributed by atoms with van der Waals surface area (Å²) < 4.78 is 10.9. The fourth-order valence-electron chi connectivity index (χ4n) is 4.31. The topological polar surface area (TPSA) is 124 Å². The number of hydrogen-bond donors (Lipinski definition) is 3. The maximum atomic E-state index is 12.9. The monoisotopic (exact) mass is 548 g/mol. The minimum atomic E-state index is -1.18. The molecule has 1 aromatic heterocycles. The zero-order chi connectivity index (χ0) is 27.5. The molecule has 2 amide bonds. The van der Waals surface area contributed by atoms with Crippen molar-refractivity contribution in [1.82, 2.24) is 14.8 Å². The number of carbonyl (C=O) groups excluding carboxylic acids is 2. The second-order valence-corrected chi connectivity index (χ2v) is 10.5. The zero-order valence-corrected chi connectivity index (χ0v) is 23.3. The lowest BCUT2D eigenvalue weighted by molar-refractivity contribution is -0.136. The molecule has 38 heavy (non-hydrogen) atoms. The number of aliphatic hydroxyl groups excluding tert-OH is 2. The summed E-state index contributed by atoms with van der Waals surface area (Å²) in [7, 11) is 1.44. The number of amides is 2. The van der Waals surface area contributed by atoms with E-state index in [1.165, 1.54) is 30.9 Å². The lowest BCUT2D eigenvalue weighted by atomic mass is 10.1. The standard InChI is InChI=1S/C27H40N4O6S/c1-19-7-9-21(10-8-19)22-18-38-27(28-22)29-25(34)16-30-11-4-5-14-37-17-23(33)26(35)24(36-3)15-31(20(2)32)13-6-12-30/h7-10,18,23-24,26,33,35H,4-6,11-17H2,1-3H3,(H,28,29,34)/t23-,24-,26-/m0/s1. The maximum Gasteiger partial charge on any atom is 0.240 e. The Labute approximate surface area is 228 Å². The van der Waals surface area contributed by atoms with Gasteiger partial charge in [0.25, 0.3) is 0 Å². The van der Waals surface area contributed by atoms with Crippen LogP contribution < -0.4 is 5.32 Å². The number of aromatic nitrogens is 1. The van der Waals surface area contributed by atoms with Crippen LogP contribution in [0, 0.1) is 6.92 Å². The third kappa shape index (κ3) is 9.40. The molecule has 1 saturated heterocycles. The van der Waals surface area contributed by atoms with Gasteiger partial charge < -0.3 is 29.9 Å². The first kappa shape index (κ1) is 30.1. The van der Waals surface area contributed by atoms with Gasteiger partial charge in [-0.2, -0.15) is 0 Å². The van der Waals surface area contributed by atoms with Crippen LogP contribution in [0.1, 0.15) is 31.7 Å². The van der Waals surface area contributed by atoms with Crippen LogP contribution in [-0.4, -0.2) is 108 Å². The highest BCUT2D eigenvalue weighted by Gasteiger charge is 2.29. The van der Waals surface area contributed by atoms with E-state index in [0.29, 0.717) is 37.8 Å². The number of nitrogens with one attached hydrogen (secondary N) is 1. The molecule has 1 aliphatic rings. The van der Waals surface area contributed by atoms with Crippen LogP contribution in [-0.2, 0) is 19.1 Å². The summed E-state index contributed by atoms with van der Waals surface area (Å²) in [4.78, 5) is 33.4. The molecule has 0 radical (unpaired) electrons. The largest absolute Gasteiger partial charge is 0.388 e. The number of anilines is 1. The van der Waals surface area contributed by atoms with E-state index in [1.54, 1.807) is 4.90 Å². The van der Waals surface area contributed by atoms with Gasteiger partial charge in [-0.3, -0.25) is 14.5 Å².